The van der Waals surface area contributed by atoms with Crippen LogP contribution in [0.25, 0.3) is 10.9 Å². The minimum Gasteiger partial charge on any atom is -0.465 e. The molecule has 10 heteroatoms. The van der Waals surface area contributed by atoms with Gasteiger partial charge < -0.3 is 30.4 Å². The van der Waals surface area contributed by atoms with Gasteiger partial charge in [0.15, 0.2) is 0 Å². The van der Waals surface area contributed by atoms with E-state index in [4.69, 9.17) is 9.47 Å². The highest BCUT2D eigenvalue weighted by Gasteiger charge is 2.23. The van der Waals surface area contributed by atoms with Crippen molar-refractivity contribution in [2.75, 3.05) is 52.5 Å². The van der Waals surface area contributed by atoms with Crippen molar-refractivity contribution in [3.63, 3.8) is 0 Å². The van der Waals surface area contributed by atoms with Gasteiger partial charge in [0.05, 0.1) is 19.8 Å². The Hall–Kier alpha value is -3.11. The number of hydrogen-bond donors (Lipinski definition) is 4. The number of carbonyl (C=O) groups is 3. The first-order valence-corrected chi connectivity index (χ1v) is 10.9. The standard InChI is InChI=1S/C22H31N5O5/c1-2-32-20(28)15-25-22(30)26-19(13-16-14-24-18-6-4-3-5-17(16)18)21(29)23-7-8-27-9-11-31-12-10-27/h3-6,14,19,24H,2,7-13,15H2,1H3,(H,23,29)(H2,25,26,30). The number of esters is 1. The number of carbonyl (C=O) groups excluding carboxylic acids is 3. The van der Waals surface area contributed by atoms with Gasteiger partial charge >= 0.3 is 12.0 Å². The van der Waals surface area contributed by atoms with Gasteiger partial charge in [-0.1, -0.05) is 18.2 Å². The molecule has 0 bridgehead atoms. The van der Waals surface area contributed by atoms with E-state index < -0.39 is 18.0 Å². The summed E-state index contributed by atoms with van der Waals surface area (Å²) >= 11 is 0. The molecule has 3 rings (SSSR count). The zero-order chi connectivity index (χ0) is 22.8. The van der Waals surface area contributed by atoms with E-state index in [2.05, 4.69) is 25.8 Å². The van der Waals surface area contributed by atoms with E-state index in [9.17, 15) is 14.4 Å². The molecule has 174 valence electrons. The molecule has 0 aliphatic carbocycles. The number of nitrogens with zero attached hydrogens (tertiary/aromatic N) is 1. The summed E-state index contributed by atoms with van der Waals surface area (Å²) in [4.78, 5) is 42.2. The molecule has 2 heterocycles. The summed E-state index contributed by atoms with van der Waals surface area (Å²) in [7, 11) is 0. The third-order valence-corrected chi connectivity index (χ3v) is 5.25. The molecule has 2 aromatic rings. The highest BCUT2D eigenvalue weighted by atomic mass is 16.5. The maximum atomic E-state index is 12.9. The summed E-state index contributed by atoms with van der Waals surface area (Å²) in [5, 5.41) is 9.04. The van der Waals surface area contributed by atoms with Crippen molar-refractivity contribution in [2.24, 2.45) is 0 Å². The summed E-state index contributed by atoms with van der Waals surface area (Å²) in [6.07, 6.45) is 2.15. The Kier molecular flexibility index (Phi) is 8.88. The Labute approximate surface area is 187 Å². The first kappa shape index (κ1) is 23.6. The molecule has 32 heavy (non-hydrogen) atoms. The van der Waals surface area contributed by atoms with Crippen LogP contribution in [0.4, 0.5) is 4.79 Å². The number of nitrogens with one attached hydrogen (secondary N) is 4. The fourth-order valence-corrected chi connectivity index (χ4v) is 3.59. The second-order valence-electron chi connectivity index (χ2n) is 7.49. The second-order valence-corrected chi connectivity index (χ2v) is 7.49. The highest BCUT2D eigenvalue weighted by Crippen LogP contribution is 2.19. The molecular weight excluding hydrogens is 414 g/mol. The van der Waals surface area contributed by atoms with Crippen LogP contribution >= 0.6 is 0 Å². The first-order chi connectivity index (χ1) is 15.6. The number of rotatable bonds is 10. The van der Waals surface area contributed by atoms with Crippen molar-refractivity contribution in [3.8, 4) is 0 Å². The zero-order valence-corrected chi connectivity index (χ0v) is 18.3. The molecule has 3 amide bonds. The van der Waals surface area contributed by atoms with Gasteiger partial charge in [-0.3, -0.25) is 14.5 Å². The van der Waals surface area contributed by atoms with E-state index in [0.717, 1.165) is 29.6 Å². The van der Waals surface area contributed by atoms with Crippen molar-refractivity contribution in [3.05, 3.63) is 36.0 Å². The number of ether oxygens (including phenoxy) is 2. The molecule has 0 saturated carbocycles. The topological polar surface area (TPSA) is 125 Å². The second kappa shape index (κ2) is 12.1. The molecular formula is C22H31N5O5. The van der Waals surface area contributed by atoms with Crippen molar-refractivity contribution >= 4 is 28.8 Å². The lowest BCUT2D eigenvalue weighted by Gasteiger charge is -2.27. The number of hydrogen-bond acceptors (Lipinski definition) is 6. The minimum absolute atomic E-state index is 0.233. The number of H-pyrrole nitrogens is 1. The predicted molar refractivity (Wildman–Crippen MR) is 119 cm³/mol. The average molecular weight is 446 g/mol. The number of aromatic amines is 1. The Bertz CT molecular complexity index is 909. The van der Waals surface area contributed by atoms with Crippen molar-refractivity contribution in [1.82, 2.24) is 25.8 Å². The number of benzene rings is 1. The van der Waals surface area contributed by atoms with E-state index in [0.29, 0.717) is 32.7 Å². The first-order valence-electron chi connectivity index (χ1n) is 10.9. The summed E-state index contributed by atoms with van der Waals surface area (Å²) in [5.41, 5.74) is 1.88. The molecule has 1 aliphatic heterocycles. The Morgan fingerprint density at radius 1 is 1.19 bits per heavy atom. The lowest BCUT2D eigenvalue weighted by atomic mass is 10.0. The summed E-state index contributed by atoms with van der Waals surface area (Å²) < 4.78 is 10.1. The van der Waals surface area contributed by atoms with Crippen LogP contribution in [-0.2, 0) is 25.5 Å². The third kappa shape index (κ3) is 6.96. The Morgan fingerprint density at radius 3 is 2.75 bits per heavy atom. The van der Waals surface area contributed by atoms with Crippen LogP contribution in [0.2, 0.25) is 0 Å². The molecule has 1 atom stereocenters. The lowest BCUT2D eigenvalue weighted by molar-refractivity contribution is -0.141. The van der Waals surface area contributed by atoms with Gasteiger partial charge in [0.1, 0.15) is 12.6 Å². The van der Waals surface area contributed by atoms with Crippen molar-refractivity contribution < 1.29 is 23.9 Å². The molecule has 10 nitrogen and oxygen atoms in total. The van der Waals surface area contributed by atoms with Crippen LogP contribution in [0.15, 0.2) is 30.5 Å². The molecule has 1 aromatic heterocycles. The highest BCUT2D eigenvalue weighted by molar-refractivity contribution is 5.90. The van der Waals surface area contributed by atoms with Gasteiger partial charge in [-0.2, -0.15) is 0 Å². The largest absolute Gasteiger partial charge is 0.465 e. The van der Waals surface area contributed by atoms with E-state index >= 15 is 0 Å². The number of para-hydroxylation sites is 1. The van der Waals surface area contributed by atoms with Gasteiger partial charge in [-0.05, 0) is 18.6 Å². The van der Waals surface area contributed by atoms with Gasteiger partial charge in [0, 0.05) is 49.7 Å². The van der Waals surface area contributed by atoms with Crippen LogP contribution in [-0.4, -0.2) is 86.4 Å². The Morgan fingerprint density at radius 2 is 1.97 bits per heavy atom. The molecule has 1 unspecified atom stereocenters. The van der Waals surface area contributed by atoms with Gasteiger partial charge in [0.25, 0.3) is 0 Å². The number of urea groups is 1. The lowest BCUT2D eigenvalue weighted by Crippen LogP contribution is -2.52. The normalized spacial score (nSPS) is 15.2. The fraction of sp³-hybridized carbons (Fsp3) is 0.500. The molecule has 1 aliphatic rings. The molecule has 4 N–H and O–H groups in total. The number of fused-ring (bicyclic) bond motifs is 1. The van der Waals surface area contributed by atoms with E-state index in [1.54, 1.807) is 6.92 Å². The van der Waals surface area contributed by atoms with E-state index in [1.165, 1.54) is 0 Å². The van der Waals surface area contributed by atoms with Gasteiger partial charge in [-0.15, -0.1) is 0 Å². The average Bonchev–Trinajstić information content (AvgIpc) is 3.21. The maximum absolute atomic E-state index is 12.9. The predicted octanol–water partition coefficient (Wildman–Crippen LogP) is 0.390. The van der Waals surface area contributed by atoms with Crippen LogP contribution in [0.1, 0.15) is 12.5 Å². The van der Waals surface area contributed by atoms with Crippen LogP contribution in [0.3, 0.4) is 0 Å². The number of morpholine rings is 1. The number of aromatic nitrogens is 1. The van der Waals surface area contributed by atoms with Crippen molar-refractivity contribution in [1.29, 1.82) is 0 Å². The Balaban J connectivity index is 1.60. The van der Waals surface area contributed by atoms with Crippen molar-refractivity contribution in [2.45, 2.75) is 19.4 Å². The third-order valence-electron chi connectivity index (χ3n) is 5.25. The monoisotopic (exact) mass is 445 g/mol. The maximum Gasteiger partial charge on any atom is 0.325 e. The van der Waals surface area contributed by atoms with Crippen LogP contribution < -0.4 is 16.0 Å². The summed E-state index contributed by atoms with van der Waals surface area (Å²) in [6, 6.07) is 6.37. The van der Waals surface area contributed by atoms with E-state index in [-0.39, 0.29) is 19.1 Å². The fourth-order valence-electron chi connectivity index (χ4n) is 3.59. The smallest absolute Gasteiger partial charge is 0.325 e. The molecule has 0 radical (unpaired) electrons. The number of amides is 3. The molecule has 1 aromatic carbocycles. The molecule has 1 saturated heterocycles. The molecule has 0 spiro atoms. The van der Waals surface area contributed by atoms with Gasteiger partial charge in [-0.25, -0.2) is 4.79 Å². The quantitative estimate of drug-likeness (QED) is 0.392. The molecule has 1 fully saturated rings. The minimum atomic E-state index is -0.805. The summed E-state index contributed by atoms with van der Waals surface area (Å²) in [5.74, 6) is -0.819. The zero-order valence-electron chi connectivity index (χ0n) is 18.3. The SMILES string of the molecule is CCOC(=O)CNC(=O)NC(Cc1c[nH]c2ccccc12)C(=O)NCCN1CCOCC1. The van der Waals surface area contributed by atoms with Crippen LogP contribution in [0, 0.1) is 0 Å². The van der Waals surface area contributed by atoms with E-state index in [1.807, 2.05) is 30.5 Å². The summed E-state index contributed by atoms with van der Waals surface area (Å²) in [6.45, 7) is 5.90. The van der Waals surface area contributed by atoms with Crippen LogP contribution in [0.5, 0.6) is 0 Å². The van der Waals surface area contributed by atoms with Gasteiger partial charge in [0.2, 0.25) is 5.91 Å².